The summed E-state index contributed by atoms with van der Waals surface area (Å²) >= 11 is 0. The number of alkyl carbamates (subject to hydrolysis) is 1. The standard InChI is InChI=1S/C29H39N3O4/c1-17-13-18(2)15-22(14-17)25(26(33)31-23-12-10-9-11-19(23)3)32(24-16-20(24)4)27(34)21(5)30-28(35)36-29(6,7)8/h9-15,20-21,24-25H,16H2,1-8H3,(H,30,35)(H,31,33). The summed E-state index contributed by atoms with van der Waals surface area (Å²) in [5.74, 6) is -0.354. The molecule has 0 radical (unpaired) electrons. The topological polar surface area (TPSA) is 87.7 Å². The molecule has 0 heterocycles. The summed E-state index contributed by atoms with van der Waals surface area (Å²) < 4.78 is 5.35. The Kier molecular flexibility index (Phi) is 8.12. The van der Waals surface area contributed by atoms with Gasteiger partial charge in [-0.05, 0) is 78.0 Å². The maximum Gasteiger partial charge on any atom is 0.408 e. The van der Waals surface area contributed by atoms with Gasteiger partial charge in [0.25, 0.3) is 5.91 Å². The van der Waals surface area contributed by atoms with E-state index in [-0.39, 0.29) is 23.8 Å². The Morgan fingerprint density at radius 2 is 1.61 bits per heavy atom. The lowest BCUT2D eigenvalue weighted by molar-refractivity contribution is -0.141. The maximum atomic E-state index is 13.9. The third kappa shape index (κ3) is 6.86. The van der Waals surface area contributed by atoms with E-state index in [0.717, 1.165) is 28.7 Å². The highest BCUT2D eigenvalue weighted by atomic mass is 16.6. The molecule has 3 amide bonds. The molecule has 2 aromatic carbocycles. The summed E-state index contributed by atoms with van der Waals surface area (Å²) in [7, 11) is 0. The van der Waals surface area contributed by atoms with Crippen LogP contribution >= 0.6 is 0 Å². The van der Waals surface area contributed by atoms with Crippen molar-refractivity contribution < 1.29 is 19.1 Å². The zero-order valence-corrected chi connectivity index (χ0v) is 22.6. The van der Waals surface area contributed by atoms with Crippen molar-refractivity contribution in [3.05, 3.63) is 64.7 Å². The Balaban J connectivity index is 1.99. The maximum absolute atomic E-state index is 13.9. The van der Waals surface area contributed by atoms with Gasteiger partial charge in [0.2, 0.25) is 5.91 Å². The van der Waals surface area contributed by atoms with E-state index in [0.29, 0.717) is 5.69 Å². The van der Waals surface area contributed by atoms with Crippen LogP contribution in [0.1, 0.15) is 69.3 Å². The van der Waals surface area contributed by atoms with E-state index in [1.54, 1.807) is 32.6 Å². The smallest absolute Gasteiger partial charge is 0.408 e. The number of para-hydroxylation sites is 1. The zero-order chi connectivity index (χ0) is 26.8. The Morgan fingerprint density at radius 3 is 2.14 bits per heavy atom. The normalized spacial score (nSPS) is 18.6. The number of nitrogens with zero attached hydrogens (tertiary/aromatic N) is 1. The minimum absolute atomic E-state index is 0.103. The first kappa shape index (κ1) is 27.2. The van der Waals surface area contributed by atoms with Gasteiger partial charge in [0.05, 0.1) is 0 Å². The molecular weight excluding hydrogens is 454 g/mol. The van der Waals surface area contributed by atoms with Crippen LogP contribution in [0, 0.1) is 26.7 Å². The third-order valence-electron chi connectivity index (χ3n) is 6.27. The van der Waals surface area contributed by atoms with Gasteiger partial charge in [0, 0.05) is 11.7 Å². The van der Waals surface area contributed by atoms with Gasteiger partial charge in [-0.15, -0.1) is 0 Å². The van der Waals surface area contributed by atoms with Gasteiger partial charge in [-0.25, -0.2) is 4.79 Å². The number of hydrogen-bond donors (Lipinski definition) is 2. The van der Waals surface area contributed by atoms with Crippen molar-refractivity contribution in [1.82, 2.24) is 10.2 Å². The monoisotopic (exact) mass is 493 g/mol. The number of anilines is 1. The van der Waals surface area contributed by atoms with Crippen LogP contribution in [0.3, 0.4) is 0 Å². The summed E-state index contributed by atoms with van der Waals surface area (Å²) in [6.07, 6.45) is 0.128. The van der Waals surface area contributed by atoms with E-state index in [4.69, 9.17) is 4.74 Å². The summed E-state index contributed by atoms with van der Waals surface area (Å²) in [6, 6.07) is 11.7. The van der Waals surface area contributed by atoms with Gasteiger partial charge >= 0.3 is 6.09 Å². The molecule has 7 nitrogen and oxygen atoms in total. The Bertz CT molecular complexity index is 1120. The van der Waals surface area contributed by atoms with E-state index in [2.05, 4.69) is 17.6 Å². The number of amides is 3. The number of carbonyl (C=O) groups excluding carboxylic acids is 3. The van der Waals surface area contributed by atoms with E-state index < -0.39 is 23.8 Å². The minimum atomic E-state index is -0.868. The SMILES string of the molecule is Cc1cc(C)cc(C(C(=O)Nc2ccccc2C)N(C(=O)C(C)NC(=O)OC(C)(C)C)C2CC2C)c1. The lowest BCUT2D eigenvalue weighted by Gasteiger charge is -2.34. The van der Waals surface area contributed by atoms with Crippen LogP contribution in [0.15, 0.2) is 42.5 Å². The number of carbonyl (C=O) groups is 3. The van der Waals surface area contributed by atoms with Crippen LogP contribution in [0.2, 0.25) is 0 Å². The Morgan fingerprint density at radius 1 is 1.03 bits per heavy atom. The van der Waals surface area contributed by atoms with Crippen molar-refractivity contribution >= 4 is 23.6 Å². The third-order valence-corrected chi connectivity index (χ3v) is 6.27. The summed E-state index contributed by atoms with van der Waals surface area (Å²) in [5.41, 5.74) is 3.71. The molecule has 2 aromatic rings. The fourth-order valence-electron chi connectivity index (χ4n) is 4.46. The van der Waals surface area contributed by atoms with Gasteiger partial charge in [-0.1, -0.05) is 54.4 Å². The van der Waals surface area contributed by atoms with Crippen molar-refractivity contribution in [3.8, 4) is 0 Å². The predicted molar refractivity (Wildman–Crippen MR) is 142 cm³/mol. The number of nitrogens with one attached hydrogen (secondary N) is 2. The molecule has 4 atom stereocenters. The lowest BCUT2D eigenvalue weighted by Crippen LogP contribution is -2.52. The van der Waals surface area contributed by atoms with Crippen LogP contribution in [0.5, 0.6) is 0 Å². The average Bonchev–Trinajstić information content (AvgIpc) is 3.46. The molecule has 7 heteroatoms. The molecule has 0 aliphatic heterocycles. The van der Waals surface area contributed by atoms with E-state index >= 15 is 0 Å². The molecule has 1 saturated carbocycles. The number of benzene rings is 2. The molecule has 194 valence electrons. The summed E-state index contributed by atoms with van der Waals surface area (Å²) in [4.78, 5) is 41.8. The first-order valence-corrected chi connectivity index (χ1v) is 12.5. The van der Waals surface area contributed by atoms with E-state index in [1.807, 2.05) is 63.2 Å². The molecule has 0 saturated heterocycles. The molecule has 0 spiro atoms. The van der Waals surface area contributed by atoms with Crippen molar-refractivity contribution in [3.63, 3.8) is 0 Å². The fraction of sp³-hybridized carbons (Fsp3) is 0.483. The molecule has 2 N–H and O–H groups in total. The molecular formula is C29H39N3O4. The molecule has 36 heavy (non-hydrogen) atoms. The second-order valence-corrected chi connectivity index (χ2v) is 11.0. The highest BCUT2D eigenvalue weighted by molar-refractivity contribution is 5.99. The predicted octanol–water partition coefficient (Wildman–Crippen LogP) is 5.44. The number of rotatable bonds is 7. The van der Waals surface area contributed by atoms with E-state index in [1.165, 1.54) is 0 Å². The first-order chi connectivity index (χ1) is 16.8. The molecule has 4 unspecified atom stereocenters. The Labute approximate surface area is 214 Å². The lowest BCUT2D eigenvalue weighted by atomic mass is 9.98. The van der Waals surface area contributed by atoms with Crippen molar-refractivity contribution in [2.45, 2.75) is 85.5 Å². The average molecular weight is 494 g/mol. The summed E-state index contributed by atoms with van der Waals surface area (Å²) in [6.45, 7) is 14.9. The van der Waals surface area contributed by atoms with Crippen molar-refractivity contribution in [2.24, 2.45) is 5.92 Å². The van der Waals surface area contributed by atoms with Crippen LogP contribution in [-0.2, 0) is 14.3 Å². The van der Waals surface area contributed by atoms with Gasteiger partial charge in [0.15, 0.2) is 0 Å². The van der Waals surface area contributed by atoms with Gasteiger partial charge < -0.3 is 20.3 Å². The second kappa shape index (κ2) is 10.7. The molecule has 0 bridgehead atoms. The van der Waals surface area contributed by atoms with Crippen LogP contribution < -0.4 is 10.6 Å². The number of aryl methyl sites for hydroxylation is 3. The quantitative estimate of drug-likeness (QED) is 0.537. The van der Waals surface area contributed by atoms with Crippen molar-refractivity contribution in [2.75, 3.05) is 5.32 Å². The molecule has 1 aliphatic carbocycles. The molecule has 3 rings (SSSR count). The highest BCUT2D eigenvalue weighted by Crippen LogP contribution is 2.41. The Hall–Kier alpha value is -3.35. The van der Waals surface area contributed by atoms with Crippen molar-refractivity contribution in [1.29, 1.82) is 0 Å². The zero-order valence-electron chi connectivity index (χ0n) is 22.6. The molecule has 1 aliphatic rings. The van der Waals surface area contributed by atoms with Gasteiger partial charge in [-0.2, -0.15) is 0 Å². The van der Waals surface area contributed by atoms with Crippen LogP contribution in [0.25, 0.3) is 0 Å². The minimum Gasteiger partial charge on any atom is -0.444 e. The van der Waals surface area contributed by atoms with Crippen LogP contribution in [-0.4, -0.2) is 40.5 Å². The summed E-state index contributed by atoms with van der Waals surface area (Å²) in [5, 5.41) is 5.70. The molecule has 0 aromatic heterocycles. The molecule has 1 fully saturated rings. The largest absolute Gasteiger partial charge is 0.444 e. The number of ether oxygens (including phenoxy) is 1. The highest BCUT2D eigenvalue weighted by Gasteiger charge is 2.47. The van der Waals surface area contributed by atoms with Gasteiger partial charge in [0.1, 0.15) is 17.7 Å². The van der Waals surface area contributed by atoms with Gasteiger partial charge in [-0.3, -0.25) is 9.59 Å². The fourth-order valence-corrected chi connectivity index (χ4v) is 4.46. The second-order valence-electron chi connectivity index (χ2n) is 11.0. The first-order valence-electron chi connectivity index (χ1n) is 12.5. The number of hydrogen-bond acceptors (Lipinski definition) is 4. The van der Waals surface area contributed by atoms with E-state index in [9.17, 15) is 14.4 Å². The van der Waals surface area contributed by atoms with Crippen LogP contribution in [0.4, 0.5) is 10.5 Å².